The zero-order valence-electron chi connectivity index (χ0n) is 11.0. The summed E-state index contributed by atoms with van der Waals surface area (Å²) in [5.41, 5.74) is 0.219. The van der Waals surface area contributed by atoms with Crippen LogP contribution in [0.5, 0.6) is 0 Å². The van der Waals surface area contributed by atoms with E-state index in [-0.39, 0.29) is 23.4 Å². The Morgan fingerprint density at radius 2 is 1.75 bits per heavy atom. The minimum absolute atomic E-state index is 0.0198. The Labute approximate surface area is 99.5 Å². The van der Waals surface area contributed by atoms with E-state index in [1.807, 2.05) is 6.92 Å². The molecule has 0 aliphatic heterocycles. The van der Waals surface area contributed by atoms with Crippen LogP contribution in [0.3, 0.4) is 0 Å². The first-order valence-electron chi connectivity index (χ1n) is 5.69. The van der Waals surface area contributed by atoms with E-state index < -0.39 is 9.84 Å². The average molecular weight is 248 g/mol. The molecular formula is C12H24O3S. The fourth-order valence-electron chi connectivity index (χ4n) is 1.91. The maximum atomic E-state index is 11.5. The van der Waals surface area contributed by atoms with Gasteiger partial charge in [-0.15, -0.1) is 0 Å². The molecule has 0 N–H and O–H groups in total. The van der Waals surface area contributed by atoms with E-state index >= 15 is 0 Å². The molecule has 0 fully saturated rings. The van der Waals surface area contributed by atoms with Crippen LogP contribution in [0.15, 0.2) is 0 Å². The van der Waals surface area contributed by atoms with Gasteiger partial charge < -0.3 is 0 Å². The number of carbonyl (C=O) groups is 1. The number of hydrogen-bond acceptors (Lipinski definition) is 3. The summed E-state index contributed by atoms with van der Waals surface area (Å²) in [7, 11) is -3.01. The summed E-state index contributed by atoms with van der Waals surface area (Å²) < 4.78 is 21.8. The van der Waals surface area contributed by atoms with Crippen molar-refractivity contribution in [1.82, 2.24) is 0 Å². The van der Waals surface area contributed by atoms with E-state index in [0.29, 0.717) is 12.3 Å². The van der Waals surface area contributed by atoms with Gasteiger partial charge in [-0.05, 0) is 17.8 Å². The number of ketones is 1. The lowest BCUT2D eigenvalue weighted by Crippen LogP contribution is -2.16. The fraction of sp³-hybridized carbons (Fsp3) is 0.917. The van der Waals surface area contributed by atoms with Crippen molar-refractivity contribution in [1.29, 1.82) is 0 Å². The second-order valence-corrected chi connectivity index (χ2v) is 8.25. The number of sulfone groups is 1. The van der Waals surface area contributed by atoms with Gasteiger partial charge in [0.05, 0.1) is 5.75 Å². The SMILES string of the molecule is CC(CC(=O)CCS(C)(=O)=O)CC(C)(C)C. The van der Waals surface area contributed by atoms with Gasteiger partial charge in [-0.25, -0.2) is 8.42 Å². The standard InChI is InChI=1S/C12H24O3S/c1-10(9-12(2,3)4)8-11(13)6-7-16(5,14)15/h10H,6-9H2,1-5H3. The van der Waals surface area contributed by atoms with Crippen LogP contribution in [0.2, 0.25) is 0 Å². The van der Waals surface area contributed by atoms with Crippen molar-refractivity contribution in [3.63, 3.8) is 0 Å². The van der Waals surface area contributed by atoms with Crippen molar-refractivity contribution < 1.29 is 13.2 Å². The highest BCUT2D eigenvalue weighted by Crippen LogP contribution is 2.26. The van der Waals surface area contributed by atoms with Crippen LogP contribution in [0.1, 0.15) is 47.0 Å². The first-order chi connectivity index (χ1) is 6.99. The predicted molar refractivity (Wildman–Crippen MR) is 67.2 cm³/mol. The molecule has 0 heterocycles. The van der Waals surface area contributed by atoms with Crippen molar-refractivity contribution in [2.45, 2.75) is 47.0 Å². The van der Waals surface area contributed by atoms with E-state index in [1.165, 1.54) is 6.26 Å². The summed E-state index contributed by atoms with van der Waals surface area (Å²) >= 11 is 0. The maximum Gasteiger partial charge on any atom is 0.147 e. The van der Waals surface area contributed by atoms with Crippen LogP contribution in [-0.4, -0.2) is 26.2 Å². The van der Waals surface area contributed by atoms with Crippen molar-refractivity contribution in [2.75, 3.05) is 12.0 Å². The third-order valence-corrected chi connectivity index (χ3v) is 3.23. The molecule has 0 aromatic carbocycles. The molecule has 1 unspecified atom stereocenters. The molecule has 4 heteroatoms. The van der Waals surface area contributed by atoms with E-state index in [0.717, 1.165) is 6.42 Å². The van der Waals surface area contributed by atoms with Gasteiger partial charge in [0.2, 0.25) is 0 Å². The van der Waals surface area contributed by atoms with Crippen LogP contribution < -0.4 is 0 Å². The topological polar surface area (TPSA) is 51.2 Å². The summed E-state index contributed by atoms with van der Waals surface area (Å²) in [6.45, 7) is 8.48. The third kappa shape index (κ3) is 10.1. The lowest BCUT2D eigenvalue weighted by Gasteiger charge is -2.22. The molecular weight excluding hydrogens is 224 g/mol. The lowest BCUT2D eigenvalue weighted by atomic mass is 9.83. The van der Waals surface area contributed by atoms with E-state index in [2.05, 4.69) is 20.8 Å². The smallest absolute Gasteiger partial charge is 0.147 e. The molecule has 0 radical (unpaired) electrons. The molecule has 16 heavy (non-hydrogen) atoms. The molecule has 1 atom stereocenters. The van der Waals surface area contributed by atoms with Crippen LogP contribution in [0.4, 0.5) is 0 Å². The van der Waals surface area contributed by atoms with Gasteiger partial charge in [0, 0.05) is 19.1 Å². The van der Waals surface area contributed by atoms with Crippen molar-refractivity contribution in [3.8, 4) is 0 Å². The molecule has 0 rings (SSSR count). The van der Waals surface area contributed by atoms with Crippen molar-refractivity contribution in [3.05, 3.63) is 0 Å². The summed E-state index contributed by atoms with van der Waals surface area (Å²) in [6, 6.07) is 0. The fourth-order valence-corrected chi connectivity index (χ4v) is 2.51. The van der Waals surface area contributed by atoms with Gasteiger partial charge in [-0.2, -0.15) is 0 Å². The molecule has 0 aliphatic rings. The van der Waals surface area contributed by atoms with Crippen LogP contribution in [0.25, 0.3) is 0 Å². The minimum Gasteiger partial charge on any atom is -0.300 e. The molecule has 0 amide bonds. The van der Waals surface area contributed by atoms with Gasteiger partial charge >= 0.3 is 0 Å². The third-order valence-electron chi connectivity index (χ3n) is 2.29. The van der Waals surface area contributed by atoms with Gasteiger partial charge in [-0.1, -0.05) is 27.7 Å². The zero-order chi connectivity index (χ0) is 13.0. The monoisotopic (exact) mass is 248 g/mol. The summed E-state index contributed by atoms with van der Waals surface area (Å²) in [5.74, 6) is 0.364. The van der Waals surface area contributed by atoms with Crippen LogP contribution in [0, 0.1) is 11.3 Å². The molecule has 96 valence electrons. The molecule has 0 bridgehead atoms. The van der Waals surface area contributed by atoms with Gasteiger partial charge in [0.25, 0.3) is 0 Å². The normalized spacial score (nSPS) is 14.8. The van der Waals surface area contributed by atoms with Crippen LogP contribution >= 0.6 is 0 Å². The molecule has 0 spiro atoms. The molecule has 0 saturated carbocycles. The Balaban J connectivity index is 3.97. The average Bonchev–Trinajstić information content (AvgIpc) is 1.95. The Hall–Kier alpha value is -0.380. The Kier molecular flexibility index (Phi) is 5.66. The summed E-state index contributed by atoms with van der Waals surface area (Å²) in [5, 5.41) is 0. The molecule has 3 nitrogen and oxygen atoms in total. The predicted octanol–water partition coefficient (Wildman–Crippen LogP) is 2.45. The summed E-state index contributed by atoms with van der Waals surface area (Å²) in [4.78, 5) is 11.5. The number of hydrogen-bond donors (Lipinski definition) is 0. The lowest BCUT2D eigenvalue weighted by molar-refractivity contribution is -0.119. The number of Topliss-reactive ketones (excluding diaryl/α,β-unsaturated/α-hetero) is 1. The highest BCUT2D eigenvalue weighted by atomic mass is 32.2. The van der Waals surface area contributed by atoms with E-state index in [1.54, 1.807) is 0 Å². The number of carbonyl (C=O) groups excluding carboxylic acids is 1. The Bertz CT molecular complexity index is 323. The zero-order valence-corrected chi connectivity index (χ0v) is 11.9. The van der Waals surface area contributed by atoms with E-state index in [9.17, 15) is 13.2 Å². The second kappa shape index (κ2) is 5.80. The summed E-state index contributed by atoms with van der Waals surface area (Å²) in [6.07, 6.45) is 2.80. The van der Waals surface area contributed by atoms with Crippen molar-refractivity contribution >= 4 is 15.6 Å². The van der Waals surface area contributed by atoms with E-state index in [4.69, 9.17) is 0 Å². The molecule has 0 aromatic heterocycles. The quantitative estimate of drug-likeness (QED) is 0.725. The van der Waals surface area contributed by atoms with Crippen LogP contribution in [-0.2, 0) is 14.6 Å². The van der Waals surface area contributed by atoms with Crippen molar-refractivity contribution in [2.24, 2.45) is 11.3 Å². The Morgan fingerprint density at radius 1 is 1.25 bits per heavy atom. The van der Waals surface area contributed by atoms with Gasteiger partial charge in [-0.3, -0.25) is 4.79 Å². The van der Waals surface area contributed by atoms with Gasteiger partial charge in [0.1, 0.15) is 15.6 Å². The largest absolute Gasteiger partial charge is 0.300 e. The minimum atomic E-state index is -3.01. The first-order valence-corrected chi connectivity index (χ1v) is 7.75. The maximum absolute atomic E-state index is 11.5. The van der Waals surface area contributed by atoms with Gasteiger partial charge in [0.15, 0.2) is 0 Å². The number of rotatable bonds is 6. The first kappa shape index (κ1) is 15.6. The second-order valence-electron chi connectivity index (χ2n) is 5.99. The highest BCUT2D eigenvalue weighted by Gasteiger charge is 2.18. The molecule has 0 aliphatic carbocycles. The molecule has 0 saturated heterocycles. The highest BCUT2D eigenvalue weighted by molar-refractivity contribution is 7.90. The Morgan fingerprint density at radius 3 is 2.12 bits per heavy atom. The molecule has 0 aromatic rings.